The number of carbonyl (C=O) groups excluding carboxylic acids is 1. The van der Waals surface area contributed by atoms with Crippen molar-refractivity contribution in [1.29, 1.82) is 0 Å². The van der Waals surface area contributed by atoms with Gasteiger partial charge in [0.15, 0.2) is 0 Å². The van der Waals surface area contributed by atoms with Crippen LogP contribution in [0.15, 0.2) is 18.3 Å². The summed E-state index contributed by atoms with van der Waals surface area (Å²) >= 11 is 0. The van der Waals surface area contributed by atoms with Crippen molar-refractivity contribution in [3.63, 3.8) is 0 Å². The van der Waals surface area contributed by atoms with Crippen LogP contribution in [0.3, 0.4) is 0 Å². The Hall–Kier alpha value is -1.82. The summed E-state index contributed by atoms with van der Waals surface area (Å²) in [5, 5.41) is 3.53. The lowest BCUT2D eigenvalue weighted by Gasteiger charge is -2.21. The molecule has 0 saturated carbocycles. The highest BCUT2D eigenvalue weighted by Gasteiger charge is 2.20. The van der Waals surface area contributed by atoms with Crippen molar-refractivity contribution in [2.45, 2.75) is 25.3 Å². The number of carbonyl (C=O) groups is 1. The Morgan fingerprint density at radius 3 is 2.86 bits per heavy atom. The van der Waals surface area contributed by atoms with Crippen molar-refractivity contribution in [1.82, 2.24) is 9.88 Å². The van der Waals surface area contributed by atoms with Crippen molar-refractivity contribution in [2.24, 2.45) is 0 Å². The molecule has 1 N–H and O–H groups in total. The Morgan fingerprint density at radius 1 is 1.41 bits per heavy atom. The SMILES string of the molecule is COCC(=O)N1CCC[C@H](Nc2ccc(N(C)C)nc2)CC1. The Labute approximate surface area is 132 Å². The normalized spacial score (nSPS) is 18.7. The predicted molar refractivity (Wildman–Crippen MR) is 88.3 cm³/mol. The summed E-state index contributed by atoms with van der Waals surface area (Å²) < 4.78 is 4.93. The van der Waals surface area contributed by atoms with E-state index in [1.165, 1.54) is 0 Å². The van der Waals surface area contributed by atoms with E-state index in [1.54, 1.807) is 7.11 Å². The zero-order chi connectivity index (χ0) is 15.9. The van der Waals surface area contributed by atoms with E-state index in [1.807, 2.05) is 36.2 Å². The van der Waals surface area contributed by atoms with Crippen LogP contribution in [0.25, 0.3) is 0 Å². The second-order valence-corrected chi connectivity index (χ2v) is 5.89. The monoisotopic (exact) mass is 306 g/mol. The first-order chi connectivity index (χ1) is 10.6. The van der Waals surface area contributed by atoms with E-state index in [4.69, 9.17) is 4.74 Å². The number of pyridine rings is 1. The molecule has 1 amide bonds. The smallest absolute Gasteiger partial charge is 0.248 e. The molecule has 6 nitrogen and oxygen atoms in total. The van der Waals surface area contributed by atoms with Crippen molar-refractivity contribution in [3.8, 4) is 0 Å². The molecule has 1 fully saturated rings. The number of amides is 1. The zero-order valence-corrected chi connectivity index (χ0v) is 13.7. The van der Waals surface area contributed by atoms with Gasteiger partial charge in [-0.15, -0.1) is 0 Å². The molecule has 1 saturated heterocycles. The number of aromatic nitrogens is 1. The van der Waals surface area contributed by atoms with Crippen LogP contribution >= 0.6 is 0 Å². The van der Waals surface area contributed by atoms with Crippen molar-refractivity contribution in [2.75, 3.05) is 51.1 Å². The maximum atomic E-state index is 11.9. The van der Waals surface area contributed by atoms with E-state index in [0.717, 1.165) is 43.9 Å². The second-order valence-electron chi connectivity index (χ2n) is 5.89. The number of nitrogens with one attached hydrogen (secondary N) is 1. The fourth-order valence-electron chi connectivity index (χ4n) is 2.68. The van der Waals surface area contributed by atoms with Gasteiger partial charge in [0.05, 0.1) is 11.9 Å². The third-order valence-electron chi connectivity index (χ3n) is 3.93. The summed E-state index contributed by atoms with van der Waals surface area (Å²) in [4.78, 5) is 20.2. The molecule has 1 aliphatic heterocycles. The van der Waals surface area contributed by atoms with Gasteiger partial charge >= 0.3 is 0 Å². The van der Waals surface area contributed by atoms with Crippen LogP contribution in [0, 0.1) is 0 Å². The molecular weight excluding hydrogens is 280 g/mol. The summed E-state index contributed by atoms with van der Waals surface area (Å²) in [6.45, 7) is 1.77. The van der Waals surface area contributed by atoms with E-state index in [-0.39, 0.29) is 12.5 Å². The molecule has 0 bridgehead atoms. The molecule has 0 radical (unpaired) electrons. The van der Waals surface area contributed by atoms with Crippen LogP contribution in [-0.4, -0.2) is 62.7 Å². The standard InChI is InChI=1S/C16H26N4O2/c1-19(2)15-7-6-14(11-17-15)18-13-5-4-9-20(10-8-13)16(21)12-22-3/h6-7,11,13,18H,4-5,8-10,12H2,1-3H3/t13-/m0/s1. The fourth-order valence-corrected chi connectivity index (χ4v) is 2.68. The number of hydrogen-bond donors (Lipinski definition) is 1. The largest absolute Gasteiger partial charge is 0.381 e. The van der Waals surface area contributed by atoms with E-state index in [9.17, 15) is 4.79 Å². The lowest BCUT2D eigenvalue weighted by molar-refractivity contribution is -0.135. The maximum absolute atomic E-state index is 11.9. The summed E-state index contributed by atoms with van der Waals surface area (Å²) in [5.74, 6) is 1.03. The van der Waals surface area contributed by atoms with Crippen molar-refractivity contribution < 1.29 is 9.53 Å². The van der Waals surface area contributed by atoms with Gasteiger partial charge in [-0.1, -0.05) is 0 Å². The molecule has 22 heavy (non-hydrogen) atoms. The summed E-state index contributed by atoms with van der Waals surface area (Å²) in [6.07, 6.45) is 4.89. The minimum atomic E-state index is 0.0835. The highest BCUT2D eigenvalue weighted by molar-refractivity contribution is 5.77. The predicted octanol–water partition coefficient (Wildman–Crippen LogP) is 1.59. The molecule has 2 rings (SSSR count). The number of likely N-dealkylation sites (tertiary alicyclic amines) is 1. The van der Waals surface area contributed by atoms with Gasteiger partial charge in [-0.3, -0.25) is 4.79 Å². The molecule has 1 aromatic rings. The molecule has 1 aliphatic rings. The van der Waals surface area contributed by atoms with Crippen LogP contribution in [0.2, 0.25) is 0 Å². The Morgan fingerprint density at radius 2 is 2.23 bits per heavy atom. The van der Waals surface area contributed by atoms with Crippen LogP contribution < -0.4 is 10.2 Å². The van der Waals surface area contributed by atoms with Crippen LogP contribution in [-0.2, 0) is 9.53 Å². The number of rotatable bonds is 5. The van der Waals surface area contributed by atoms with Gasteiger partial charge < -0.3 is 19.9 Å². The van der Waals surface area contributed by atoms with Crippen LogP contribution in [0.5, 0.6) is 0 Å². The topological polar surface area (TPSA) is 57.7 Å². The summed E-state index contributed by atoms with van der Waals surface area (Å²) in [5.41, 5.74) is 1.03. The highest BCUT2D eigenvalue weighted by Crippen LogP contribution is 2.18. The van der Waals surface area contributed by atoms with Gasteiger partial charge in [0.1, 0.15) is 12.4 Å². The van der Waals surface area contributed by atoms with Gasteiger partial charge in [-0.2, -0.15) is 0 Å². The lowest BCUT2D eigenvalue weighted by Crippen LogP contribution is -2.35. The minimum Gasteiger partial charge on any atom is -0.381 e. The second kappa shape index (κ2) is 7.98. The molecule has 122 valence electrons. The lowest BCUT2D eigenvalue weighted by atomic mass is 10.1. The zero-order valence-electron chi connectivity index (χ0n) is 13.7. The molecule has 1 aromatic heterocycles. The van der Waals surface area contributed by atoms with E-state index >= 15 is 0 Å². The van der Waals surface area contributed by atoms with Crippen molar-refractivity contribution in [3.05, 3.63) is 18.3 Å². The number of hydrogen-bond acceptors (Lipinski definition) is 5. The third kappa shape index (κ3) is 4.59. The van der Waals surface area contributed by atoms with Gasteiger partial charge in [-0.05, 0) is 31.4 Å². The molecule has 2 heterocycles. The Balaban J connectivity index is 1.87. The fraction of sp³-hybridized carbons (Fsp3) is 0.625. The third-order valence-corrected chi connectivity index (χ3v) is 3.93. The van der Waals surface area contributed by atoms with E-state index in [0.29, 0.717) is 6.04 Å². The minimum absolute atomic E-state index is 0.0835. The molecule has 0 aliphatic carbocycles. The molecule has 1 atom stereocenters. The first-order valence-electron chi connectivity index (χ1n) is 7.77. The first kappa shape index (κ1) is 16.5. The molecular formula is C16H26N4O2. The number of nitrogens with zero attached hydrogens (tertiary/aromatic N) is 3. The quantitative estimate of drug-likeness (QED) is 0.895. The number of methoxy groups -OCH3 is 1. The number of ether oxygens (including phenoxy) is 1. The maximum Gasteiger partial charge on any atom is 0.248 e. The molecule has 6 heteroatoms. The van der Waals surface area contributed by atoms with Crippen LogP contribution in [0.1, 0.15) is 19.3 Å². The molecule has 0 spiro atoms. The number of anilines is 2. The van der Waals surface area contributed by atoms with Gasteiger partial charge in [0.2, 0.25) is 5.91 Å². The van der Waals surface area contributed by atoms with E-state index < -0.39 is 0 Å². The van der Waals surface area contributed by atoms with Gasteiger partial charge in [-0.25, -0.2) is 4.98 Å². The molecule has 0 aromatic carbocycles. The van der Waals surface area contributed by atoms with Crippen molar-refractivity contribution >= 4 is 17.4 Å². The van der Waals surface area contributed by atoms with E-state index in [2.05, 4.69) is 16.4 Å². The van der Waals surface area contributed by atoms with Gasteiger partial charge in [0.25, 0.3) is 0 Å². The van der Waals surface area contributed by atoms with Crippen LogP contribution in [0.4, 0.5) is 11.5 Å². The average molecular weight is 306 g/mol. The summed E-state index contributed by atoms with van der Waals surface area (Å²) in [6, 6.07) is 4.45. The molecule has 0 unspecified atom stereocenters. The average Bonchev–Trinajstić information content (AvgIpc) is 2.74. The Bertz CT molecular complexity index is 476. The van der Waals surface area contributed by atoms with Gasteiger partial charge in [0, 0.05) is 40.3 Å². The summed E-state index contributed by atoms with van der Waals surface area (Å²) in [7, 11) is 5.52. The Kier molecular flexibility index (Phi) is 6.00. The highest BCUT2D eigenvalue weighted by atomic mass is 16.5. The first-order valence-corrected chi connectivity index (χ1v) is 7.77.